The van der Waals surface area contributed by atoms with E-state index in [1.54, 1.807) is 17.0 Å². The summed E-state index contributed by atoms with van der Waals surface area (Å²) in [6.45, 7) is 7.81. The lowest BCUT2D eigenvalue weighted by molar-refractivity contribution is -0.133. The van der Waals surface area contributed by atoms with Crippen LogP contribution in [0.3, 0.4) is 0 Å². The Hall–Kier alpha value is -2.33. The largest absolute Gasteiger partial charge is 0.334 e. The molecule has 0 radical (unpaired) electrons. The van der Waals surface area contributed by atoms with Gasteiger partial charge in [-0.05, 0) is 44.0 Å². The molecule has 5 heteroatoms. The fourth-order valence-electron chi connectivity index (χ4n) is 2.80. The average Bonchev–Trinajstić information content (AvgIpc) is 2.60. The number of amides is 2. The Morgan fingerprint density at radius 2 is 1.73 bits per heavy atom. The Labute approximate surface area is 160 Å². The fraction of sp³-hybridized carbons (Fsp3) is 0.333. The van der Waals surface area contributed by atoms with Crippen LogP contribution in [0.5, 0.6) is 0 Å². The average molecular weight is 373 g/mol. The van der Waals surface area contributed by atoms with E-state index in [2.05, 4.69) is 0 Å². The monoisotopic (exact) mass is 372 g/mol. The summed E-state index contributed by atoms with van der Waals surface area (Å²) in [5.41, 5.74) is 2.63. The molecule has 0 saturated heterocycles. The highest BCUT2D eigenvalue weighted by atomic mass is 35.5. The highest BCUT2D eigenvalue weighted by molar-refractivity contribution is 6.31. The molecule has 2 aromatic rings. The highest BCUT2D eigenvalue weighted by Gasteiger charge is 2.23. The predicted octanol–water partition coefficient (Wildman–Crippen LogP) is 4.44. The molecule has 0 spiro atoms. The van der Waals surface area contributed by atoms with Crippen LogP contribution in [-0.4, -0.2) is 29.3 Å². The molecular formula is C21H25ClN2O2. The molecule has 0 aliphatic carbocycles. The zero-order valence-electron chi connectivity index (χ0n) is 15.7. The topological polar surface area (TPSA) is 40.6 Å². The van der Waals surface area contributed by atoms with Gasteiger partial charge in [0.1, 0.15) is 6.54 Å². The second-order valence-electron chi connectivity index (χ2n) is 6.64. The van der Waals surface area contributed by atoms with E-state index < -0.39 is 0 Å². The first-order chi connectivity index (χ1) is 12.3. The number of nitrogens with zero attached hydrogens (tertiary/aromatic N) is 2. The van der Waals surface area contributed by atoms with Gasteiger partial charge in [-0.2, -0.15) is 0 Å². The molecule has 0 N–H and O–H groups in total. The quantitative estimate of drug-likeness (QED) is 0.752. The van der Waals surface area contributed by atoms with Crippen LogP contribution in [-0.2, 0) is 16.1 Å². The first-order valence-corrected chi connectivity index (χ1v) is 9.05. The third-order valence-corrected chi connectivity index (χ3v) is 4.51. The number of hydrogen-bond acceptors (Lipinski definition) is 2. The number of aryl methyl sites for hydroxylation is 1. The van der Waals surface area contributed by atoms with Gasteiger partial charge >= 0.3 is 0 Å². The maximum absolute atomic E-state index is 13.0. The maximum Gasteiger partial charge on any atom is 0.243 e. The van der Waals surface area contributed by atoms with Crippen molar-refractivity contribution >= 4 is 29.1 Å². The Balaban J connectivity index is 2.24. The van der Waals surface area contributed by atoms with Gasteiger partial charge in [-0.3, -0.25) is 9.59 Å². The lowest BCUT2D eigenvalue weighted by Crippen LogP contribution is -2.45. The second-order valence-corrected chi connectivity index (χ2v) is 7.07. The van der Waals surface area contributed by atoms with Gasteiger partial charge in [-0.15, -0.1) is 0 Å². The molecule has 0 aliphatic heterocycles. The van der Waals surface area contributed by atoms with Gasteiger partial charge in [-0.25, -0.2) is 0 Å². The normalized spacial score (nSPS) is 10.7. The van der Waals surface area contributed by atoms with E-state index in [0.29, 0.717) is 17.3 Å². The van der Waals surface area contributed by atoms with Crippen molar-refractivity contribution in [2.24, 2.45) is 0 Å². The van der Waals surface area contributed by atoms with E-state index in [0.717, 1.165) is 11.1 Å². The fourth-order valence-corrected chi connectivity index (χ4v) is 2.97. The number of carbonyl (C=O) groups excluding carboxylic acids is 2. The lowest BCUT2D eigenvalue weighted by atomic mass is 10.1. The van der Waals surface area contributed by atoms with Gasteiger partial charge < -0.3 is 9.80 Å². The number of hydrogen-bond donors (Lipinski definition) is 0. The van der Waals surface area contributed by atoms with Crippen LogP contribution in [0.2, 0.25) is 5.02 Å². The van der Waals surface area contributed by atoms with E-state index in [-0.39, 0.29) is 24.4 Å². The molecule has 0 bridgehead atoms. The van der Waals surface area contributed by atoms with E-state index >= 15 is 0 Å². The maximum atomic E-state index is 13.0. The number of anilines is 1. The van der Waals surface area contributed by atoms with Crippen molar-refractivity contribution < 1.29 is 9.59 Å². The van der Waals surface area contributed by atoms with Crippen LogP contribution in [0.4, 0.5) is 5.69 Å². The van der Waals surface area contributed by atoms with Gasteiger partial charge in [0.25, 0.3) is 0 Å². The van der Waals surface area contributed by atoms with E-state index in [9.17, 15) is 9.59 Å². The van der Waals surface area contributed by atoms with Crippen LogP contribution in [0.1, 0.15) is 31.9 Å². The molecule has 0 aliphatic rings. The van der Waals surface area contributed by atoms with Crippen LogP contribution in [0.15, 0.2) is 48.5 Å². The van der Waals surface area contributed by atoms with E-state index in [1.165, 1.54) is 11.8 Å². The minimum Gasteiger partial charge on any atom is -0.334 e. The van der Waals surface area contributed by atoms with E-state index in [1.807, 2.05) is 57.2 Å². The molecule has 0 atom stereocenters. The van der Waals surface area contributed by atoms with Crippen molar-refractivity contribution in [3.05, 3.63) is 64.7 Å². The molecule has 138 valence electrons. The smallest absolute Gasteiger partial charge is 0.243 e. The van der Waals surface area contributed by atoms with Gasteiger partial charge in [0.2, 0.25) is 11.8 Å². The summed E-state index contributed by atoms with van der Waals surface area (Å²) in [6.07, 6.45) is 0. The number of carbonyl (C=O) groups is 2. The summed E-state index contributed by atoms with van der Waals surface area (Å²) in [5, 5.41) is 0.536. The lowest BCUT2D eigenvalue weighted by Gasteiger charge is -2.30. The van der Waals surface area contributed by atoms with E-state index in [4.69, 9.17) is 11.6 Å². The first-order valence-electron chi connectivity index (χ1n) is 8.67. The van der Waals surface area contributed by atoms with Crippen molar-refractivity contribution in [1.29, 1.82) is 0 Å². The van der Waals surface area contributed by atoms with Gasteiger partial charge in [0.15, 0.2) is 0 Å². The molecule has 0 heterocycles. The third-order valence-electron chi connectivity index (χ3n) is 4.27. The Kier molecular flexibility index (Phi) is 6.81. The molecule has 2 amide bonds. The molecule has 0 unspecified atom stereocenters. The Morgan fingerprint density at radius 3 is 2.31 bits per heavy atom. The molecule has 2 aromatic carbocycles. The summed E-state index contributed by atoms with van der Waals surface area (Å²) in [7, 11) is 0. The number of benzene rings is 2. The minimum atomic E-state index is -0.188. The summed E-state index contributed by atoms with van der Waals surface area (Å²) in [5.74, 6) is -0.287. The van der Waals surface area contributed by atoms with Crippen molar-refractivity contribution in [1.82, 2.24) is 4.90 Å². The zero-order valence-corrected chi connectivity index (χ0v) is 16.5. The van der Waals surface area contributed by atoms with Gasteiger partial charge in [0.05, 0.1) is 0 Å². The minimum absolute atomic E-state index is 0.0124. The van der Waals surface area contributed by atoms with Crippen LogP contribution in [0.25, 0.3) is 0 Å². The van der Waals surface area contributed by atoms with Crippen LogP contribution in [0, 0.1) is 6.92 Å². The third kappa shape index (κ3) is 5.09. The van der Waals surface area contributed by atoms with Crippen molar-refractivity contribution in [3.63, 3.8) is 0 Å². The van der Waals surface area contributed by atoms with Crippen LogP contribution < -0.4 is 4.90 Å². The molecule has 4 nitrogen and oxygen atoms in total. The van der Waals surface area contributed by atoms with Crippen molar-refractivity contribution in [2.45, 2.75) is 40.3 Å². The Bertz CT molecular complexity index is 775. The molecule has 0 saturated carbocycles. The second kappa shape index (κ2) is 8.86. The molecule has 2 rings (SSSR count). The summed E-state index contributed by atoms with van der Waals surface area (Å²) < 4.78 is 0. The number of rotatable bonds is 6. The predicted molar refractivity (Wildman–Crippen MR) is 106 cm³/mol. The molecular weight excluding hydrogens is 348 g/mol. The van der Waals surface area contributed by atoms with Gasteiger partial charge in [-0.1, -0.05) is 48.0 Å². The first kappa shape index (κ1) is 20.0. The van der Waals surface area contributed by atoms with Gasteiger partial charge in [0, 0.05) is 30.2 Å². The van der Waals surface area contributed by atoms with Crippen LogP contribution >= 0.6 is 11.6 Å². The highest BCUT2D eigenvalue weighted by Crippen LogP contribution is 2.25. The molecule has 26 heavy (non-hydrogen) atoms. The summed E-state index contributed by atoms with van der Waals surface area (Å²) in [6, 6.07) is 15.2. The van der Waals surface area contributed by atoms with Crippen molar-refractivity contribution in [2.75, 3.05) is 11.4 Å². The molecule has 0 fully saturated rings. The standard InChI is InChI=1S/C21H25ClN2O2/c1-15(2)23(13-18-8-6-5-7-9-18)21(26)14-24(17(4)25)20-12-19(22)11-10-16(20)3/h5-12,15H,13-14H2,1-4H3. The molecule has 0 aromatic heterocycles. The summed E-state index contributed by atoms with van der Waals surface area (Å²) in [4.78, 5) is 28.5. The zero-order chi connectivity index (χ0) is 19.3. The van der Waals surface area contributed by atoms with Crippen molar-refractivity contribution in [3.8, 4) is 0 Å². The SMILES string of the molecule is CC(=O)N(CC(=O)N(Cc1ccccc1)C(C)C)c1cc(Cl)ccc1C. The Morgan fingerprint density at radius 1 is 1.08 bits per heavy atom. The number of halogens is 1. The summed E-state index contributed by atoms with van der Waals surface area (Å²) >= 11 is 6.09.